The second-order valence-corrected chi connectivity index (χ2v) is 6.97. The zero-order valence-electron chi connectivity index (χ0n) is 13.4. The number of amides is 2. The molecule has 130 valence electrons. The van der Waals surface area contributed by atoms with Gasteiger partial charge < -0.3 is 9.80 Å². The van der Waals surface area contributed by atoms with Gasteiger partial charge in [-0.2, -0.15) is 0 Å². The summed E-state index contributed by atoms with van der Waals surface area (Å²) in [7, 11) is 0. The lowest BCUT2D eigenvalue weighted by Gasteiger charge is -2.39. The second-order valence-electron chi connectivity index (χ2n) is 5.74. The van der Waals surface area contributed by atoms with Crippen LogP contribution in [0.3, 0.4) is 0 Å². The van der Waals surface area contributed by atoms with E-state index in [0.717, 1.165) is 0 Å². The quantitative estimate of drug-likeness (QED) is 0.747. The van der Waals surface area contributed by atoms with Gasteiger partial charge in [0, 0.05) is 18.7 Å². The van der Waals surface area contributed by atoms with Crippen LogP contribution in [0.15, 0.2) is 42.5 Å². The van der Waals surface area contributed by atoms with E-state index in [4.69, 9.17) is 34.8 Å². The summed E-state index contributed by atoms with van der Waals surface area (Å²) in [5.41, 5.74) is 1.06. The summed E-state index contributed by atoms with van der Waals surface area (Å²) in [6.07, 6.45) is 0. The number of halogens is 3. The van der Waals surface area contributed by atoms with Crippen LogP contribution in [0, 0.1) is 0 Å². The molecule has 0 spiro atoms. The molecule has 0 aliphatic carbocycles. The number of anilines is 1. The fourth-order valence-corrected chi connectivity index (χ4v) is 3.39. The van der Waals surface area contributed by atoms with Crippen LogP contribution in [0.1, 0.15) is 17.3 Å². The minimum Gasteiger partial charge on any atom is -0.325 e. The maximum atomic E-state index is 12.8. The normalized spacial score (nSPS) is 17.8. The van der Waals surface area contributed by atoms with E-state index < -0.39 is 6.04 Å². The maximum Gasteiger partial charge on any atom is 0.254 e. The van der Waals surface area contributed by atoms with Crippen molar-refractivity contribution in [1.82, 2.24) is 4.90 Å². The van der Waals surface area contributed by atoms with E-state index in [2.05, 4.69) is 0 Å². The highest BCUT2D eigenvalue weighted by Gasteiger charge is 2.36. The van der Waals surface area contributed by atoms with Crippen LogP contribution in [0.4, 0.5) is 5.69 Å². The number of piperazine rings is 1. The summed E-state index contributed by atoms with van der Waals surface area (Å²) >= 11 is 18.1. The third kappa shape index (κ3) is 3.47. The van der Waals surface area contributed by atoms with E-state index in [9.17, 15) is 9.59 Å². The van der Waals surface area contributed by atoms with Crippen molar-refractivity contribution in [3.8, 4) is 0 Å². The van der Waals surface area contributed by atoms with Gasteiger partial charge in [-0.1, -0.05) is 46.9 Å². The molecule has 1 unspecified atom stereocenters. The number of carbonyl (C=O) groups excluding carboxylic acids is 2. The minimum atomic E-state index is -0.605. The molecule has 0 aromatic heterocycles. The molecular weight excluding hydrogens is 383 g/mol. The minimum absolute atomic E-state index is 0.173. The molecule has 25 heavy (non-hydrogen) atoms. The van der Waals surface area contributed by atoms with Crippen molar-refractivity contribution >= 4 is 52.3 Å². The fraction of sp³-hybridized carbons (Fsp3) is 0.222. The first-order valence-electron chi connectivity index (χ1n) is 7.72. The molecule has 2 amide bonds. The predicted octanol–water partition coefficient (Wildman–Crippen LogP) is 4.52. The third-order valence-corrected chi connectivity index (χ3v) is 5.28. The number of benzene rings is 2. The van der Waals surface area contributed by atoms with E-state index in [1.165, 1.54) is 11.0 Å². The van der Waals surface area contributed by atoms with Gasteiger partial charge >= 0.3 is 0 Å². The number of carbonyl (C=O) groups is 2. The molecule has 1 aliphatic rings. The van der Waals surface area contributed by atoms with Crippen LogP contribution in [0.5, 0.6) is 0 Å². The zero-order chi connectivity index (χ0) is 18.1. The van der Waals surface area contributed by atoms with Crippen molar-refractivity contribution in [2.45, 2.75) is 13.0 Å². The van der Waals surface area contributed by atoms with Crippen molar-refractivity contribution in [3.63, 3.8) is 0 Å². The predicted molar refractivity (Wildman–Crippen MR) is 101 cm³/mol. The van der Waals surface area contributed by atoms with Gasteiger partial charge in [0.15, 0.2) is 0 Å². The molecular formula is C18H15Cl3N2O2. The zero-order valence-corrected chi connectivity index (χ0v) is 15.6. The average molecular weight is 398 g/mol. The lowest BCUT2D eigenvalue weighted by atomic mass is 10.1. The third-order valence-electron chi connectivity index (χ3n) is 4.23. The largest absolute Gasteiger partial charge is 0.325 e. The van der Waals surface area contributed by atoms with Crippen molar-refractivity contribution in [1.29, 1.82) is 0 Å². The summed E-state index contributed by atoms with van der Waals surface area (Å²) in [5, 5.41) is 1.19. The van der Waals surface area contributed by atoms with E-state index in [1.54, 1.807) is 36.1 Å². The van der Waals surface area contributed by atoms with Crippen molar-refractivity contribution in [2.24, 2.45) is 0 Å². The van der Waals surface area contributed by atoms with Crippen molar-refractivity contribution < 1.29 is 9.59 Å². The van der Waals surface area contributed by atoms with Crippen LogP contribution in [-0.4, -0.2) is 35.8 Å². The van der Waals surface area contributed by atoms with Crippen LogP contribution < -0.4 is 4.90 Å². The standard InChI is InChI=1S/C18H15Cl3N2O2/c1-11-17(24)23(16-5-3-2-4-14(16)20)9-8-22(11)18(25)12-6-7-13(19)15(21)10-12/h2-7,10-11H,8-9H2,1H3. The first kappa shape index (κ1) is 18.1. The number of hydrogen-bond acceptors (Lipinski definition) is 2. The van der Waals surface area contributed by atoms with Gasteiger partial charge in [0.05, 0.1) is 20.8 Å². The van der Waals surface area contributed by atoms with Crippen LogP contribution in [-0.2, 0) is 4.79 Å². The summed E-state index contributed by atoms with van der Waals surface area (Å²) in [6, 6.07) is 11.3. The Kier molecular flexibility index (Phi) is 5.23. The van der Waals surface area contributed by atoms with Gasteiger partial charge in [0.1, 0.15) is 6.04 Å². The lowest BCUT2D eigenvalue weighted by Crippen LogP contribution is -2.57. The van der Waals surface area contributed by atoms with Crippen molar-refractivity contribution in [2.75, 3.05) is 18.0 Å². The highest BCUT2D eigenvalue weighted by atomic mass is 35.5. The van der Waals surface area contributed by atoms with Crippen molar-refractivity contribution in [3.05, 3.63) is 63.1 Å². The fourth-order valence-electron chi connectivity index (χ4n) is 2.85. The highest BCUT2D eigenvalue weighted by molar-refractivity contribution is 6.42. The molecule has 0 bridgehead atoms. The molecule has 0 N–H and O–H groups in total. The highest BCUT2D eigenvalue weighted by Crippen LogP contribution is 2.29. The Labute approximate surface area is 160 Å². The molecule has 0 saturated carbocycles. The lowest BCUT2D eigenvalue weighted by molar-refractivity contribution is -0.124. The average Bonchev–Trinajstić information content (AvgIpc) is 2.60. The molecule has 2 aromatic carbocycles. The Morgan fingerprint density at radius 1 is 1.00 bits per heavy atom. The molecule has 0 radical (unpaired) electrons. The van der Waals surface area contributed by atoms with E-state index in [1.807, 2.05) is 12.1 Å². The summed E-state index contributed by atoms with van der Waals surface area (Å²) in [4.78, 5) is 28.7. The molecule has 1 aliphatic heterocycles. The molecule has 2 aromatic rings. The smallest absolute Gasteiger partial charge is 0.254 e. The SMILES string of the molecule is CC1C(=O)N(c2ccccc2Cl)CCN1C(=O)c1ccc(Cl)c(Cl)c1. The number of hydrogen-bond donors (Lipinski definition) is 0. The van der Waals surface area contributed by atoms with Gasteiger partial charge in [-0.15, -0.1) is 0 Å². The Hall–Kier alpha value is -1.75. The molecule has 4 nitrogen and oxygen atoms in total. The topological polar surface area (TPSA) is 40.6 Å². The molecule has 1 atom stereocenters. The molecule has 7 heteroatoms. The molecule has 1 saturated heterocycles. The monoisotopic (exact) mass is 396 g/mol. The number of para-hydroxylation sites is 1. The van der Waals surface area contributed by atoms with E-state index in [-0.39, 0.29) is 11.8 Å². The van der Waals surface area contributed by atoms with Gasteiger partial charge in [0.2, 0.25) is 5.91 Å². The van der Waals surface area contributed by atoms with Gasteiger partial charge in [-0.05, 0) is 37.3 Å². The Bertz CT molecular complexity index is 841. The second kappa shape index (κ2) is 7.24. The Morgan fingerprint density at radius 2 is 1.72 bits per heavy atom. The first-order valence-corrected chi connectivity index (χ1v) is 8.85. The Morgan fingerprint density at radius 3 is 2.40 bits per heavy atom. The maximum absolute atomic E-state index is 12.8. The Balaban J connectivity index is 1.83. The summed E-state index contributed by atoms with van der Waals surface area (Å²) in [5.74, 6) is -0.425. The first-order chi connectivity index (χ1) is 11.9. The summed E-state index contributed by atoms with van der Waals surface area (Å²) < 4.78 is 0. The molecule has 1 heterocycles. The van der Waals surface area contributed by atoms with Crippen LogP contribution in [0.2, 0.25) is 15.1 Å². The van der Waals surface area contributed by atoms with E-state index in [0.29, 0.717) is 39.4 Å². The van der Waals surface area contributed by atoms with Crippen LogP contribution in [0.25, 0.3) is 0 Å². The molecule has 3 rings (SSSR count). The van der Waals surface area contributed by atoms with Gasteiger partial charge in [0.25, 0.3) is 5.91 Å². The molecule has 1 fully saturated rings. The van der Waals surface area contributed by atoms with E-state index >= 15 is 0 Å². The summed E-state index contributed by atoms with van der Waals surface area (Å²) in [6.45, 7) is 2.48. The van der Waals surface area contributed by atoms with Gasteiger partial charge in [-0.25, -0.2) is 0 Å². The van der Waals surface area contributed by atoms with Crippen LogP contribution >= 0.6 is 34.8 Å². The number of rotatable bonds is 2. The van der Waals surface area contributed by atoms with Gasteiger partial charge in [-0.3, -0.25) is 9.59 Å². The number of nitrogens with zero attached hydrogens (tertiary/aromatic N) is 2.